The fraction of sp³-hybridized carbons (Fsp3) is 0.476. The number of carbonyl (C=O) groups excluding carboxylic acids is 3. The summed E-state index contributed by atoms with van der Waals surface area (Å²) < 4.78 is 0. The van der Waals surface area contributed by atoms with Crippen LogP contribution in [0.4, 0.5) is 0 Å². The lowest BCUT2D eigenvalue weighted by Gasteiger charge is -2.20. The van der Waals surface area contributed by atoms with Gasteiger partial charge in [-0.25, -0.2) is 5.48 Å². The molecular weight excluding hydrogens is 344 g/mol. The maximum Gasteiger partial charge on any atom is 0.244 e. The van der Waals surface area contributed by atoms with Crippen LogP contribution in [0.5, 0.6) is 0 Å². The van der Waals surface area contributed by atoms with E-state index in [1.54, 1.807) is 5.48 Å². The molecule has 0 fully saturated rings. The SMILES string of the molecule is CC(=O)[C@@H](CC(=O)[C@@H](CC(=O)NO)CC(C)C)Cc1c[nH]c2ccccc12. The third kappa shape index (κ3) is 5.76. The van der Waals surface area contributed by atoms with Crippen LogP contribution in [0.15, 0.2) is 30.5 Å². The van der Waals surface area contributed by atoms with Crippen LogP contribution in [-0.2, 0) is 20.8 Å². The van der Waals surface area contributed by atoms with Gasteiger partial charge in [0.05, 0.1) is 0 Å². The Balaban J connectivity index is 2.14. The zero-order chi connectivity index (χ0) is 20.0. The molecule has 2 aromatic rings. The maximum absolute atomic E-state index is 12.8. The molecule has 0 bridgehead atoms. The molecule has 2 atom stereocenters. The van der Waals surface area contributed by atoms with Crippen LogP contribution in [0.2, 0.25) is 0 Å². The molecule has 0 aliphatic carbocycles. The quantitative estimate of drug-likeness (QED) is 0.439. The topological polar surface area (TPSA) is 99.3 Å². The third-order valence-corrected chi connectivity index (χ3v) is 4.93. The molecule has 6 nitrogen and oxygen atoms in total. The number of para-hydroxylation sites is 1. The molecule has 0 aliphatic heterocycles. The highest BCUT2D eigenvalue weighted by Gasteiger charge is 2.27. The van der Waals surface area contributed by atoms with Gasteiger partial charge >= 0.3 is 0 Å². The van der Waals surface area contributed by atoms with Crippen LogP contribution in [0.25, 0.3) is 10.9 Å². The summed E-state index contributed by atoms with van der Waals surface area (Å²) in [5.41, 5.74) is 3.60. The molecule has 2 rings (SSSR count). The number of amides is 1. The highest BCUT2D eigenvalue weighted by atomic mass is 16.5. The smallest absolute Gasteiger partial charge is 0.244 e. The predicted molar refractivity (Wildman–Crippen MR) is 103 cm³/mol. The zero-order valence-electron chi connectivity index (χ0n) is 16.1. The minimum Gasteiger partial charge on any atom is -0.361 e. The van der Waals surface area contributed by atoms with Gasteiger partial charge in [0.25, 0.3) is 0 Å². The van der Waals surface area contributed by atoms with E-state index >= 15 is 0 Å². The van der Waals surface area contributed by atoms with Crippen molar-refractivity contribution in [1.82, 2.24) is 10.5 Å². The van der Waals surface area contributed by atoms with E-state index in [0.717, 1.165) is 16.5 Å². The Labute approximate surface area is 159 Å². The van der Waals surface area contributed by atoms with Gasteiger partial charge in [-0.1, -0.05) is 32.0 Å². The van der Waals surface area contributed by atoms with E-state index in [1.165, 1.54) is 6.92 Å². The minimum absolute atomic E-state index is 0.0384. The van der Waals surface area contributed by atoms with Crippen molar-refractivity contribution in [2.24, 2.45) is 17.8 Å². The van der Waals surface area contributed by atoms with Gasteiger partial charge in [0.2, 0.25) is 5.91 Å². The second-order valence-electron chi connectivity index (χ2n) is 7.61. The third-order valence-electron chi connectivity index (χ3n) is 4.93. The number of aromatic nitrogens is 1. The summed E-state index contributed by atoms with van der Waals surface area (Å²) in [5, 5.41) is 9.82. The number of hydrogen-bond acceptors (Lipinski definition) is 4. The number of benzene rings is 1. The predicted octanol–water partition coefficient (Wildman–Crippen LogP) is 3.43. The molecule has 27 heavy (non-hydrogen) atoms. The second-order valence-corrected chi connectivity index (χ2v) is 7.61. The van der Waals surface area contributed by atoms with Crippen molar-refractivity contribution in [3.63, 3.8) is 0 Å². The molecule has 0 unspecified atom stereocenters. The van der Waals surface area contributed by atoms with Crippen LogP contribution in [0.3, 0.4) is 0 Å². The first kappa shape index (κ1) is 20.8. The molecular formula is C21H28N2O4. The maximum atomic E-state index is 12.8. The Bertz CT molecular complexity index is 809. The molecule has 0 spiro atoms. The number of hydroxylamine groups is 1. The van der Waals surface area contributed by atoms with E-state index in [0.29, 0.717) is 12.8 Å². The van der Waals surface area contributed by atoms with Gasteiger partial charge in [-0.05, 0) is 37.3 Å². The molecule has 6 heteroatoms. The Hall–Kier alpha value is -2.47. The number of Topliss-reactive ketones (excluding diaryl/α,β-unsaturated/α-hetero) is 2. The molecule has 0 saturated heterocycles. The molecule has 1 aromatic carbocycles. The number of carbonyl (C=O) groups is 3. The highest BCUT2D eigenvalue weighted by Crippen LogP contribution is 2.25. The summed E-state index contributed by atoms with van der Waals surface area (Å²) in [4.78, 5) is 39.7. The van der Waals surface area contributed by atoms with Gasteiger partial charge < -0.3 is 4.98 Å². The van der Waals surface area contributed by atoms with Crippen LogP contribution >= 0.6 is 0 Å². The van der Waals surface area contributed by atoms with Crippen LogP contribution < -0.4 is 5.48 Å². The summed E-state index contributed by atoms with van der Waals surface area (Å²) in [6.07, 6.45) is 2.95. The van der Waals surface area contributed by atoms with Crippen molar-refractivity contribution in [1.29, 1.82) is 0 Å². The molecule has 0 radical (unpaired) electrons. The van der Waals surface area contributed by atoms with Gasteiger partial charge in [0.1, 0.15) is 11.6 Å². The Kier molecular flexibility index (Phi) is 7.30. The van der Waals surface area contributed by atoms with Crippen molar-refractivity contribution in [3.05, 3.63) is 36.0 Å². The van der Waals surface area contributed by atoms with E-state index in [2.05, 4.69) is 4.98 Å². The Morgan fingerprint density at radius 1 is 1.11 bits per heavy atom. The molecule has 3 N–H and O–H groups in total. The van der Waals surface area contributed by atoms with Gasteiger partial charge in [0, 0.05) is 41.8 Å². The van der Waals surface area contributed by atoms with Crippen molar-refractivity contribution >= 4 is 28.4 Å². The standard InChI is InChI=1S/C21H28N2O4/c1-13(2)8-16(11-21(26)23-27)20(25)10-15(14(3)24)9-17-12-22-19-7-5-4-6-18(17)19/h4-7,12-13,15-16,22,27H,8-11H2,1-3H3,(H,23,26)/t15-,16-/m1/s1. The number of rotatable bonds is 10. The normalized spacial score (nSPS) is 13.5. The average molecular weight is 372 g/mol. The van der Waals surface area contributed by atoms with Crippen molar-refractivity contribution in [3.8, 4) is 0 Å². The number of H-pyrrole nitrogens is 1. The van der Waals surface area contributed by atoms with E-state index in [9.17, 15) is 14.4 Å². The molecule has 0 saturated carbocycles. The first-order chi connectivity index (χ1) is 12.8. The van der Waals surface area contributed by atoms with Crippen molar-refractivity contribution in [2.75, 3.05) is 0 Å². The lowest BCUT2D eigenvalue weighted by molar-refractivity contribution is -0.135. The minimum atomic E-state index is -0.579. The fourth-order valence-electron chi connectivity index (χ4n) is 3.50. The van der Waals surface area contributed by atoms with Crippen molar-refractivity contribution in [2.45, 2.75) is 46.5 Å². The number of fused-ring (bicyclic) bond motifs is 1. The van der Waals surface area contributed by atoms with Crippen LogP contribution in [0, 0.1) is 17.8 Å². The zero-order valence-corrected chi connectivity index (χ0v) is 16.1. The van der Waals surface area contributed by atoms with Gasteiger partial charge in [-0.2, -0.15) is 0 Å². The average Bonchev–Trinajstić information content (AvgIpc) is 3.03. The molecule has 1 heterocycles. The molecule has 0 aliphatic rings. The lowest BCUT2D eigenvalue weighted by Crippen LogP contribution is -2.29. The number of nitrogens with one attached hydrogen (secondary N) is 2. The molecule has 146 valence electrons. The van der Waals surface area contributed by atoms with E-state index in [1.807, 2.05) is 44.3 Å². The number of hydrogen-bond donors (Lipinski definition) is 3. The first-order valence-electron chi connectivity index (χ1n) is 9.32. The van der Waals surface area contributed by atoms with E-state index < -0.39 is 17.7 Å². The number of aromatic amines is 1. The Morgan fingerprint density at radius 3 is 2.44 bits per heavy atom. The Morgan fingerprint density at radius 2 is 1.81 bits per heavy atom. The molecule has 1 aromatic heterocycles. The summed E-state index contributed by atoms with van der Waals surface area (Å²) in [6.45, 7) is 5.46. The molecule has 1 amide bonds. The fourth-order valence-corrected chi connectivity index (χ4v) is 3.50. The van der Waals surface area contributed by atoms with Gasteiger partial charge in [-0.15, -0.1) is 0 Å². The lowest BCUT2D eigenvalue weighted by atomic mass is 9.83. The first-order valence-corrected chi connectivity index (χ1v) is 9.32. The number of ketones is 2. The summed E-state index contributed by atoms with van der Waals surface area (Å²) in [5.74, 6) is -1.42. The largest absolute Gasteiger partial charge is 0.361 e. The van der Waals surface area contributed by atoms with Crippen LogP contribution in [-0.4, -0.2) is 27.7 Å². The monoisotopic (exact) mass is 372 g/mol. The van der Waals surface area contributed by atoms with E-state index in [4.69, 9.17) is 5.21 Å². The van der Waals surface area contributed by atoms with E-state index in [-0.39, 0.29) is 30.3 Å². The van der Waals surface area contributed by atoms with Gasteiger partial charge in [0.15, 0.2) is 0 Å². The van der Waals surface area contributed by atoms with Crippen LogP contribution in [0.1, 0.15) is 45.6 Å². The summed E-state index contributed by atoms with van der Waals surface area (Å²) in [6, 6.07) is 7.85. The second kappa shape index (κ2) is 9.46. The van der Waals surface area contributed by atoms with Crippen molar-refractivity contribution < 1.29 is 19.6 Å². The summed E-state index contributed by atoms with van der Waals surface area (Å²) in [7, 11) is 0. The van der Waals surface area contributed by atoms with Gasteiger partial charge in [-0.3, -0.25) is 19.6 Å². The summed E-state index contributed by atoms with van der Waals surface area (Å²) >= 11 is 0. The highest BCUT2D eigenvalue weighted by molar-refractivity contribution is 5.91.